The van der Waals surface area contributed by atoms with Crippen LogP contribution in [-0.4, -0.2) is 147 Å². The fourth-order valence-corrected chi connectivity index (χ4v) is 6.53. The largest absolute Gasteiger partial charge is 0.478 e. The van der Waals surface area contributed by atoms with E-state index in [9.17, 15) is 28.8 Å². The molecule has 3 aromatic rings. The summed E-state index contributed by atoms with van der Waals surface area (Å²) < 4.78 is 36.8. The number of carboxylic acid groups (broad SMARTS) is 2. The molecule has 1 saturated heterocycles. The second-order valence-corrected chi connectivity index (χ2v) is 15.7. The van der Waals surface area contributed by atoms with E-state index >= 15 is 0 Å². The van der Waals surface area contributed by atoms with Crippen LogP contribution < -0.4 is 25.2 Å². The van der Waals surface area contributed by atoms with E-state index in [2.05, 4.69) is 50.3 Å². The first-order valence-corrected chi connectivity index (χ1v) is 20.7. The summed E-state index contributed by atoms with van der Waals surface area (Å²) in [7, 11) is 0. The van der Waals surface area contributed by atoms with Crippen molar-refractivity contribution in [1.29, 1.82) is 0 Å². The highest BCUT2D eigenvalue weighted by Crippen LogP contribution is 2.33. The molecule has 62 heavy (non-hydrogen) atoms. The Kier molecular flexibility index (Phi) is 18.4. The Morgan fingerprint density at radius 1 is 0.968 bits per heavy atom. The lowest BCUT2D eigenvalue weighted by molar-refractivity contribution is -0.171. The molecule has 0 spiro atoms. The molecule has 0 saturated carbocycles. The molecular weight excluding hydrogens is 902 g/mol. The smallest absolute Gasteiger partial charge is 0.347 e. The summed E-state index contributed by atoms with van der Waals surface area (Å²) in [6.07, 6.45) is 0.158. The van der Waals surface area contributed by atoms with E-state index in [1.807, 2.05) is 25.7 Å². The van der Waals surface area contributed by atoms with Gasteiger partial charge in [-0.15, -0.1) is 4.37 Å². The van der Waals surface area contributed by atoms with Gasteiger partial charge in [0.2, 0.25) is 11.8 Å². The van der Waals surface area contributed by atoms with Crippen LogP contribution in [0.3, 0.4) is 0 Å². The maximum Gasteiger partial charge on any atom is 0.347 e. The number of carboxylic acids is 2. The van der Waals surface area contributed by atoms with Crippen LogP contribution in [0.15, 0.2) is 46.1 Å². The van der Waals surface area contributed by atoms with Gasteiger partial charge in [-0.05, 0) is 62.7 Å². The van der Waals surface area contributed by atoms with Crippen LogP contribution in [0.5, 0.6) is 5.88 Å². The van der Waals surface area contributed by atoms with Gasteiger partial charge in [-0.1, -0.05) is 0 Å². The zero-order chi connectivity index (χ0) is 45.4. The molecule has 0 aliphatic carbocycles. The number of ether oxygens (including phenoxy) is 5. The topological polar surface area (TPSA) is 283 Å². The summed E-state index contributed by atoms with van der Waals surface area (Å²) >= 11 is 4.56. The van der Waals surface area contributed by atoms with E-state index in [-0.39, 0.29) is 37.5 Å². The molecule has 0 unspecified atom stereocenters. The third kappa shape index (κ3) is 15.3. The average Bonchev–Trinajstić information content (AvgIpc) is 3.95. The summed E-state index contributed by atoms with van der Waals surface area (Å²) in [5.74, 6) is -4.33. The van der Waals surface area contributed by atoms with Gasteiger partial charge in [-0.3, -0.25) is 29.3 Å². The molecule has 24 heteroatoms. The number of nitrogens with zero attached hydrogens (tertiary/aromatic N) is 7. The monoisotopic (exact) mass is 949 g/mol. The van der Waals surface area contributed by atoms with E-state index in [4.69, 9.17) is 33.9 Å². The van der Waals surface area contributed by atoms with Crippen molar-refractivity contribution in [2.24, 2.45) is 4.99 Å². The van der Waals surface area contributed by atoms with Crippen LogP contribution in [0.4, 0.5) is 11.5 Å². The number of carbonyl (C=O) groups is 6. The van der Waals surface area contributed by atoms with Crippen molar-refractivity contribution < 1.29 is 62.7 Å². The molecule has 1 aromatic carbocycles. The number of fused-ring (bicyclic) bond motifs is 1. The van der Waals surface area contributed by atoms with Gasteiger partial charge in [0.25, 0.3) is 11.8 Å². The van der Waals surface area contributed by atoms with Crippen LogP contribution in [-0.2, 0) is 47.7 Å². The van der Waals surface area contributed by atoms with Gasteiger partial charge in [0.05, 0.1) is 60.0 Å². The number of hydrogen-bond acceptors (Lipinski definition) is 20. The molecule has 3 atom stereocenters. The Morgan fingerprint density at radius 2 is 1.63 bits per heavy atom. The molecule has 2 aliphatic heterocycles. The van der Waals surface area contributed by atoms with E-state index in [0.29, 0.717) is 84.4 Å². The maximum atomic E-state index is 13.8. The minimum absolute atomic E-state index is 0.00541. The van der Waals surface area contributed by atoms with E-state index < -0.39 is 54.1 Å². The maximum absolute atomic E-state index is 13.8. The number of halogens is 1. The number of esters is 3. The first-order chi connectivity index (χ1) is 29.4. The summed E-state index contributed by atoms with van der Waals surface area (Å²) in [5.41, 5.74) is 1.28. The van der Waals surface area contributed by atoms with Gasteiger partial charge < -0.3 is 49.4 Å². The number of amides is 1. The number of guanidine groups is 1. The number of benzene rings is 1. The van der Waals surface area contributed by atoms with Crippen molar-refractivity contribution in [3.05, 3.63) is 41.2 Å². The van der Waals surface area contributed by atoms with Crippen LogP contribution in [0.25, 0.3) is 11.0 Å². The van der Waals surface area contributed by atoms with Crippen molar-refractivity contribution in [2.45, 2.75) is 71.3 Å². The van der Waals surface area contributed by atoms with Crippen LogP contribution in [0, 0.1) is 0 Å². The minimum Gasteiger partial charge on any atom is -0.478 e. The summed E-state index contributed by atoms with van der Waals surface area (Å²) in [5, 5.41) is 22.0. The van der Waals surface area contributed by atoms with Crippen molar-refractivity contribution in [3.63, 3.8) is 0 Å². The molecule has 1 fully saturated rings. The number of aromatic nitrogens is 4. The number of hydrogen-bond donors (Lipinski definition) is 4. The summed E-state index contributed by atoms with van der Waals surface area (Å²) in [6.45, 7) is 12.3. The molecule has 0 radical (unpaired) electrons. The molecule has 22 nitrogen and oxygen atoms in total. The molecule has 2 aliphatic rings. The quantitative estimate of drug-likeness (QED) is 0.0856. The average molecular weight is 951 g/mol. The number of rotatable bonds is 17. The zero-order valence-electron chi connectivity index (χ0n) is 34.6. The molecule has 2 aromatic heterocycles. The normalized spacial score (nSPS) is 15.3. The van der Waals surface area contributed by atoms with Crippen molar-refractivity contribution in [3.8, 4) is 5.88 Å². The van der Waals surface area contributed by atoms with Gasteiger partial charge in [0, 0.05) is 56.3 Å². The van der Waals surface area contributed by atoms with Crippen molar-refractivity contribution >= 4 is 91.9 Å². The molecular formula is C38H48BrN9O13S. The number of anilines is 2. The Hall–Kier alpha value is -5.85. The molecule has 1 amide bonds. The summed E-state index contributed by atoms with van der Waals surface area (Å²) in [4.78, 5) is 87.8. The lowest BCUT2D eigenvalue weighted by atomic mass is 10.1. The Morgan fingerprint density at radius 3 is 2.26 bits per heavy atom. The van der Waals surface area contributed by atoms with E-state index in [1.165, 1.54) is 24.9 Å². The molecule has 5 rings (SSSR count). The number of morpholine rings is 1. The highest BCUT2D eigenvalue weighted by molar-refractivity contribution is 9.10. The Bertz CT molecular complexity index is 2110. The number of aliphatic carboxylic acids is 2. The predicted octanol–water partition coefficient (Wildman–Crippen LogP) is 2.11. The third-order valence-electron chi connectivity index (χ3n) is 8.39. The van der Waals surface area contributed by atoms with Gasteiger partial charge in [0.15, 0.2) is 12.2 Å². The molecule has 4 N–H and O–H groups in total. The van der Waals surface area contributed by atoms with Gasteiger partial charge >= 0.3 is 29.8 Å². The second-order valence-electron chi connectivity index (χ2n) is 14.4. The molecule has 4 heterocycles. The third-order valence-corrected chi connectivity index (χ3v) is 9.67. The van der Waals surface area contributed by atoms with Gasteiger partial charge in [-0.2, -0.15) is 4.37 Å². The van der Waals surface area contributed by atoms with E-state index in [1.54, 1.807) is 18.3 Å². The Labute approximate surface area is 368 Å². The number of aliphatic imine (C=N–C) groups is 1. The van der Waals surface area contributed by atoms with E-state index in [0.717, 1.165) is 11.7 Å². The van der Waals surface area contributed by atoms with Gasteiger partial charge in [0.1, 0.15) is 18.2 Å². The number of nitrogens with one attached hydrogen (secondary N) is 2. The zero-order valence-corrected chi connectivity index (χ0v) is 37.0. The second kappa shape index (κ2) is 23.4. The van der Waals surface area contributed by atoms with Crippen LogP contribution in [0.2, 0.25) is 0 Å². The fraction of sp³-hybridized carbons (Fsp3) is 0.500. The lowest BCUT2D eigenvalue weighted by Gasteiger charge is -2.27. The first-order valence-electron chi connectivity index (χ1n) is 19.2. The first kappa shape index (κ1) is 48.8. The van der Waals surface area contributed by atoms with Gasteiger partial charge in [-0.25, -0.2) is 19.3 Å². The summed E-state index contributed by atoms with van der Waals surface area (Å²) in [6, 6.07) is 3.40. The fourth-order valence-electron chi connectivity index (χ4n) is 5.40. The minimum atomic E-state index is -1.37. The number of carbonyl (C=O) groups excluding carboxylic acids is 4. The highest BCUT2D eigenvalue weighted by atomic mass is 79.9. The van der Waals surface area contributed by atoms with Crippen LogP contribution >= 0.6 is 27.7 Å². The lowest BCUT2D eigenvalue weighted by Crippen LogP contribution is -2.48. The van der Waals surface area contributed by atoms with Crippen molar-refractivity contribution in [1.82, 2.24) is 29.3 Å². The highest BCUT2D eigenvalue weighted by Gasteiger charge is 2.34. The molecule has 336 valence electrons. The SMILES string of the molecule is C[C@H](OC(=O)CCC(=O)O[C@@H](CNC(C)(C)C)COc1nsnc1N1CCOCC1)C(=O)O[C@@H](C)C(=O)N(C1=NCCN1)c1ccc2nccnc2c1Br.O=C(O)/C=C\C(=O)O. The van der Waals surface area contributed by atoms with Crippen molar-refractivity contribution in [2.75, 3.05) is 62.3 Å². The predicted molar refractivity (Wildman–Crippen MR) is 226 cm³/mol. The molecule has 0 bridgehead atoms. The Balaban J connectivity index is 0.000000959. The van der Waals surface area contributed by atoms with Crippen LogP contribution in [0.1, 0.15) is 47.5 Å². The standard InChI is InChI=1S/C34H44BrN9O9S.C4H4O4/c1-20(31(47)44(33-38-12-13-39-33)24-7-6-23-28(27(24)35)37-11-10-36-23)52-32(48)21(2)51-25(45)8-9-26(46)53-22(18-40-34(3,4)5)19-50-30-29(41-54-42-30)43-14-16-49-17-15-43;5-3(6)1-2-4(7)8/h6-7,10-11,20-22,40H,8-9,12-19H2,1-5H3,(H,38,39);1-2H,(H,5,6)(H,7,8)/b;2-1-/t20-,21-,22-;/m0./s1.